The number of ether oxygens (including phenoxy) is 1. The van der Waals surface area contributed by atoms with Gasteiger partial charge in [-0.2, -0.15) is 0 Å². The molecule has 18 heavy (non-hydrogen) atoms. The molecule has 0 saturated carbocycles. The van der Waals surface area contributed by atoms with Crippen LogP contribution in [0, 0.1) is 0 Å². The molecule has 3 atom stereocenters. The van der Waals surface area contributed by atoms with Gasteiger partial charge in [-0.05, 0) is 32.4 Å². The van der Waals surface area contributed by atoms with Crippen LogP contribution in [0.4, 0.5) is 0 Å². The van der Waals surface area contributed by atoms with Crippen molar-refractivity contribution in [3.8, 4) is 0 Å². The van der Waals surface area contributed by atoms with E-state index in [1.807, 2.05) is 0 Å². The van der Waals surface area contributed by atoms with E-state index in [1.165, 1.54) is 32.4 Å². The maximum absolute atomic E-state index is 9.54. The monoisotopic (exact) mass is 257 g/mol. The average Bonchev–Trinajstić information content (AvgIpc) is 3.00. The highest BCUT2D eigenvalue weighted by Gasteiger charge is 2.34. The number of rotatable bonds is 6. The Kier molecular flexibility index (Phi) is 5.38. The summed E-state index contributed by atoms with van der Waals surface area (Å²) in [7, 11) is 1.66. The number of methoxy groups -OCH3 is 1. The van der Waals surface area contributed by atoms with Crippen molar-refractivity contribution < 1.29 is 9.84 Å². The van der Waals surface area contributed by atoms with Crippen molar-refractivity contribution in [1.29, 1.82) is 0 Å². The van der Waals surface area contributed by atoms with E-state index in [4.69, 9.17) is 10.5 Å². The van der Waals surface area contributed by atoms with Gasteiger partial charge in [0.05, 0.1) is 19.3 Å². The summed E-state index contributed by atoms with van der Waals surface area (Å²) in [6.45, 7) is 5.21. The van der Waals surface area contributed by atoms with Gasteiger partial charge in [0.25, 0.3) is 0 Å². The molecule has 2 rings (SSSR count). The molecule has 0 amide bonds. The molecule has 0 radical (unpaired) electrons. The zero-order valence-electron chi connectivity index (χ0n) is 11.4. The molecule has 0 bridgehead atoms. The van der Waals surface area contributed by atoms with Gasteiger partial charge in [-0.25, -0.2) is 0 Å². The summed E-state index contributed by atoms with van der Waals surface area (Å²) >= 11 is 0. The van der Waals surface area contributed by atoms with Crippen molar-refractivity contribution in [2.45, 2.75) is 37.4 Å². The van der Waals surface area contributed by atoms with Crippen LogP contribution in [0.5, 0.6) is 0 Å². The van der Waals surface area contributed by atoms with Gasteiger partial charge in [-0.3, -0.25) is 9.80 Å². The molecule has 0 aromatic carbocycles. The predicted octanol–water partition coefficient (Wildman–Crippen LogP) is -0.509. The molecule has 2 saturated heterocycles. The van der Waals surface area contributed by atoms with Gasteiger partial charge in [0.2, 0.25) is 0 Å². The van der Waals surface area contributed by atoms with Gasteiger partial charge >= 0.3 is 0 Å². The summed E-state index contributed by atoms with van der Waals surface area (Å²) in [5.74, 6) is 0. The lowest BCUT2D eigenvalue weighted by Crippen LogP contribution is -2.52. The third-order valence-corrected chi connectivity index (χ3v) is 4.36. The summed E-state index contributed by atoms with van der Waals surface area (Å²) in [5, 5.41) is 9.54. The molecule has 0 spiro atoms. The number of aliphatic hydroxyl groups excluding tert-OH is 1. The number of likely N-dealkylation sites (tertiary alicyclic amines) is 2. The lowest BCUT2D eigenvalue weighted by molar-refractivity contribution is 0.0795. The van der Waals surface area contributed by atoms with Gasteiger partial charge in [-0.1, -0.05) is 0 Å². The topological polar surface area (TPSA) is 62.0 Å². The van der Waals surface area contributed by atoms with Gasteiger partial charge < -0.3 is 15.6 Å². The van der Waals surface area contributed by atoms with E-state index >= 15 is 0 Å². The number of aliphatic hydroxyl groups is 1. The number of hydrogen-bond acceptors (Lipinski definition) is 5. The molecule has 106 valence electrons. The van der Waals surface area contributed by atoms with Gasteiger partial charge in [0.1, 0.15) is 0 Å². The Morgan fingerprint density at radius 1 is 1.33 bits per heavy atom. The van der Waals surface area contributed by atoms with Crippen LogP contribution in [-0.2, 0) is 4.74 Å². The molecule has 2 aliphatic rings. The second-order valence-corrected chi connectivity index (χ2v) is 5.55. The molecule has 0 aliphatic carbocycles. The highest BCUT2D eigenvalue weighted by Crippen LogP contribution is 2.22. The van der Waals surface area contributed by atoms with E-state index in [9.17, 15) is 5.11 Å². The number of hydrogen-bond donors (Lipinski definition) is 2. The van der Waals surface area contributed by atoms with Gasteiger partial charge in [-0.15, -0.1) is 0 Å². The molecule has 5 heteroatoms. The van der Waals surface area contributed by atoms with Crippen molar-refractivity contribution in [2.24, 2.45) is 5.73 Å². The van der Waals surface area contributed by atoms with Crippen LogP contribution in [0.2, 0.25) is 0 Å². The highest BCUT2D eigenvalue weighted by atomic mass is 16.5. The Hall–Kier alpha value is -0.200. The molecule has 3 N–H and O–H groups in total. The lowest BCUT2D eigenvalue weighted by atomic mass is 10.1. The van der Waals surface area contributed by atoms with Crippen molar-refractivity contribution >= 4 is 0 Å². The molecule has 3 unspecified atom stereocenters. The fourth-order valence-corrected chi connectivity index (χ4v) is 3.30. The van der Waals surface area contributed by atoms with Crippen LogP contribution in [0.1, 0.15) is 19.3 Å². The minimum absolute atomic E-state index is 0.0394. The Bertz CT molecular complexity index is 246. The van der Waals surface area contributed by atoms with E-state index in [2.05, 4.69) is 9.80 Å². The van der Waals surface area contributed by atoms with Crippen molar-refractivity contribution in [2.75, 3.05) is 46.5 Å². The average molecular weight is 257 g/mol. The molecule has 5 nitrogen and oxygen atoms in total. The summed E-state index contributed by atoms with van der Waals surface area (Å²) in [6.07, 6.45) is 3.88. The van der Waals surface area contributed by atoms with E-state index in [0.717, 1.165) is 13.1 Å². The first-order valence-corrected chi connectivity index (χ1v) is 7.09. The SMILES string of the molecule is COCC(N)C(CO)N1CCC(N2CCCC2)C1. The van der Waals surface area contributed by atoms with Crippen LogP contribution in [0.25, 0.3) is 0 Å². The third kappa shape index (κ3) is 3.22. The highest BCUT2D eigenvalue weighted by molar-refractivity contribution is 4.91. The van der Waals surface area contributed by atoms with Crippen LogP contribution in [-0.4, -0.2) is 79.5 Å². The second kappa shape index (κ2) is 6.82. The summed E-state index contributed by atoms with van der Waals surface area (Å²) in [5.41, 5.74) is 6.08. The summed E-state index contributed by atoms with van der Waals surface area (Å²) in [6, 6.07) is 0.603. The van der Waals surface area contributed by atoms with Crippen molar-refractivity contribution in [3.63, 3.8) is 0 Å². The van der Waals surface area contributed by atoms with Gasteiger partial charge in [0.15, 0.2) is 0 Å². The fourth-order valence-electron chi connectivity index (χ4n) is 3.30. The van der Waals surface area contributed by atoms with E-state index in [-0.39, 0.29) is 18.7 Å². The molecular weight excluding hydrogens is 230 g/mol. The quantitative estimate of drug-likeness (QED) is 0.671. The fraction of sp³-hybridized carbons (Fsp3) is 1.00. The van der Waals surface area contributed by atoms with E-state index in [0.29, 0.717) is 12.6 Å². The zero-order valence-corrected chi connectivity index (χ0v) is 11.4. The Labute approximate surface area is 110 Å². The summed E-state index contributed by atoms with van der Waals surface area (Å²) < 4.78 is 5.10. The Morgan fingerprint density at radius 2 is 2.06 bits per heavy atom. The molecule has 2 aliphatic heterocycles. The van der Waals surface area contributed by atoms with E-state index < -0.39 is 0 Å². The summed E-state index contributed by atoms with van der Waals surface area (Å²) in [4.78, 5) is 4.93. The zero-order chi connectivity index (χ0) is 13.0. The smallest absolute Gasteiger partial charge is 0.0629 e. The first-order valence-electron chi connectivity index (χ1n) is 7.09. The van der Waals surface area contributed by atoms with Crippen LogP contribution in [0.3, 0.4) is 0 Å². The standard InChI is InChI=1S/C13H27N3O2/c1-18-10-12(14)13(9-17)16-7-4-11(8-16)15-5-2-3-6-15/h11-13,17H,2-10,14H2,1H3. The first kappa shape index (κ1) is 14.2. The molecule has 2 fully saturated rings. The molecular formula is C13H27N3O2. The van der Waals surface area contributed by atoms with E-state index in [1.54, 1.807) is 7.11 Å². The van der Waals surface area contributed by atoms with Crippen LogP contribution in [0.15, 0.2) is 0 Å². The maximum Gasteiger partial charge on any atom is 0.0629 e. The Balaban J connectivity index is 1.85. The third-order valence-electron chi connectivity index (χ3n) is 4.36. The number of nitrogens with two attached hydrogens (primary N) is 1. The molecule has 0 aromatic heterocycles. The minimum Gasteiger partial charge on any atom is -0.395 e. The molecule has 2 heterocycles. The maximum atomic E-state index is 9.54. The largest absolute Gasteiger partial charge is 0.395 e. The number of nitrogens with zero attached hydrogens (tertiary/aromatic N) is 2. The molecule has 0 aromatic rings. The second-order valence-electron chi connectivity index (χ2n) is 5.55. The van der Waals surface area contributed by atoms with Crippen LogP contribution >= 0.6 is 0 Å². The van der Waals surface area contributed by atoms with Crippen LogP contribution < -0.4 is 5.73 Å². The van der Waals surface area contributed by atoms with Crippen molar-refractivity contribution in [1.82, 2.24) is 9.80 Å². The lowest BCUT2D eigenvalue weighted by Gasteiger charge is -2.31. The minimum atomic E-state index is -0.0997. The normalized spacial score (nSPS) is 29.8. The van der Waals surface area contributed by atoms with Gasteiger partial charge in [0, 0.05) is 32.3 Å². The Morgan fingerprint density at radius 3 is 2.67 bits per heavy atom. The first-order chi connectivity index (χ1) is 8.76. The predicted molar refractivity (Wildman–Crippen MR) is 71.5 cm³/mol. The van der Waals surface area contributed by atoms with Crippen molar-refractivity contribution in [3.05, 3.63) is 0 Å².